The van der Waals surface area contributed by atoms with Crippen molar-refractivity contribution in [3.05, 3.63) is 80.6 Å². The second-order valence-corrected chi connectivity index (χ2v) is 8.94. The van der Waals surface area contributed by atoms with Gasteiger partial charge in [0.15, 0.2) is 5.78 Å². The molecule has 2 aliphatic rings. The van der Waals surface area contributed by atoms with E-state index in [0.29, 0.717) is 25.0 Å². The average Bonchev–Trinajstić information content (AvgIpc) is 2.74. The summed E-state index contributed by atoms with van der Waals surface area (Å²) >= 11 is 2.28. The Morgan fingerprint density at radius 2 is 1.80 bits per heavy atom. The molecule has 1 heterocycles. The van der Waals surface area contributed by atoms with Crippen LogP contribution in [0.4, 0.5) is 0 Å². The first-order valence-electron chi connectivity index (χ1n) is 10.3. The van der Waals surface area contributed by atoms with E-state index >= 15 is 0 Å². The van der Waals surface area contributed by atoms with Crippen molar-refractivity contribution in [2.24, 2.45) is 10.9 Å². The number of esters is 1. The van der Waals surface area contributed by atoms with E-state index in [1.807, 2.05) is 49.4 Å². The first-order chi connectivity index (χ1) is 14.5. The van der Waals surface area contributed by atoms with E-state index in [-0.39, 0.29) is 23.6 Å². The van der Waals surface area contributed by atoms with Crippen LogP contribution < -0.4 is 0 Å². The Hall–Kier alpha value is -2.28. The van der Waals surface area contributed by atoms with Crippen molar-refractivity contribution >= 4 is 40.1 Å². The van der Waals surface area contributed by atoms with Gasteiger partial charge in [0, 0.05) is 32.9 Å². The van der Waals surface area contributed by atoms with Crippen LogP contribution in [0.1, 0.15) is 49.7 Å². The molecule has 2 aromatic rings. The predicted octanol–water partition coefficient (Wildman–Crippen LogP) is 5.43. The first kappa shape index (κ1) is 21.0. The van der Waals surface area contributed by atoms with Gasteiger partial charge < -0.3 is 4.74 Å². The second kappa shape index (κ2) is 8.84. The maximum absolute atomic E-state index is 13.5. The Bertz CT molecular complexity index is 1040. The summed E-state index contributed by atoms with van der Waals surface area (Å²) in [5.41, 5.74) is 4.38. The van der Waals surface area contributed by atoms with Crippen LogP contribution in [0.15, 0.2) is 70.9 Å². The summed E-state index contributed by atoms with van der Waals surface area (Å²) in [4.78, 5) is 31.2. The van der Waals surface area contributed by atoms with Crippen molar-refractivity contribution in [1.82, 2.24) is 0 Å². The maximum atomic E-state index is 13.5. The molecule has 0 saturated carbocycles. The van der Waals surface area contributed by atoms with Crippen LogP contribution in [-0.2, 0) is 14.3 Å². The molecule has 0 aromatic heterocycles. The number of aliphatic imine (C=N–C) groups is 1. The number of ether oxygens (including phenoxy) is 1. The third-order valence-electron chi connectivity index (χ3n) is 5.94. The van der Waals surface area contributed by atoms with Gasteiger partial charge in [-0.05, 0) is 66.0 Å². The number of hydrogen-bond donors (Lipinski definition) is 0. The molecule has 4 nitrogen and oxygen atoms in total. The van der Waals surface area contributed by atoms with Gasteiger partial charge in [0.1, 0.15) is 5.92 Å². The molecule has 5 heteroatoms. The van der Waals surface area contributed by atoms with E-state index < -0.39 is 5.92 Å². The van der Waals surface area contributed by atoms with Gasteiger partial charge in [-0.2, -0.15) is 0 Å². The number of hydrogen-bond acceptors (Lipinski definition) is 4. The van der Waals surface area contributed by atoms with E-state index in [2.05, 4.69) is 34.7 Å². The molecule has 0 spiro atoms. The Kier molecular flexibility index (Phi) is 6.18. The molecule has 154 valence electrons. The van der Waals surface area contributed by atoms with Gasteiger partial charge in [-0.1, -0.05) is 48.5 Å². The fourth-order valence-corrected chi connectivity index (χ4v) is 5.34. The number of ketones is 1. The zero-order valence-corrected chi connectivity index (χ0v) is 19.3. The lowest BCUT2D eigenvalue weighted by atomic mass is 9.69. The highest BCUT2D eigenvalue weighted by Crippen LogP contribution is 2.47. The number of nitrogens with zero attached hydrogens (tertiary/aromatic N) is 1. The average molecular weight is 513 g/mol. The second-order valence-electron chi connectivity index (χ2n) is 7.78. The molecule has 30 heavy (non-hydrogen) atoms. The SMILES string of the molecule is CCOC(=O)C1C(C)=NC2=C(C(=O)C[C@H](c3ccccc3)C2)[C@@H]1c1ccccc1I. The molecule has 0 radical (unpaired) electrons. The van der Waals surface area contributed by atoms with Crippen molar-refractivity contribution in [1.29, 1.82) is 0 Å². The molecular formula is C25H24INO3. The number of allylic oxidation sites excluding steroid dienone is 2. The summed E-state index contributed by atoms with van der Waals surface area (Å²) in [6, 6.07) is 18.1. The van der Waals surface area contributed by atoms with Crippen LogP contribution in [0.2, 0.25) is 0 Å². The molecule has 3 atom stereocenters. The van der Waals surface area contributed by atoms with E-state index in [1.54, 1.807) is 6.92 Å². The Morgan fingerprint density at radius 3 is 2.50 bits per heavy atom. The molecule has 1 aliphatic heterocycles. The molecule has 0 fully saturated rings. The highest BCUT2D eigenvalue weighted by Gasteiger charge is 2.45. The summed E-state index contributed by atoms with van der Waals surface area (Å²) in [7, 11) is 0. The molecule has 2 aromatic carbocycles. The van der Waals surface area contributed by atoms with E-state index in [4.69, 9.17) is 9.73 Å². The largest absolute Gasteiger partial charge is 0.465 e. The zero-order chi connectivity index (χ0) is 21.3. The van der Waals surface area contributed by atoms with Crippen LogP contribution in [0.25, 0.3) is 0 Å². The topological polar surface area (TPSA) is 55.7 Å². The van der Waals surface area contributed by atoms with Gasteiger partial charge in [0.25, 0.3) is 0 Å². The summed E-state index contributed by atoms with van der Waals surface area (Å²) < 4.78 is 6.43. The van der Waals surface area contributed by atoms with Crippen LogP contribution in [0, 0.1) is 9.49 Å². The van der Waals surface area contributed by atoms with Crippen molar-refractivity contribution < 1.29 is 14.3 Å². The van der Waals surface area contributed by atoms with Gasteiger partial charge >= 0.3 is 5.97 Å². The van der Waals surface area contributed by atoms with E-state index in [0.717, 1.165) is 26.1 Å². The molecule has 1 aliphatic carbocycles. The molecule has 1 unspecified atom stereocenters. The number of carbonyl (C=O) groups is 2. The predicted molar refractivity (Wildman–Crippen MR) is 126 cm³/mol. The Balaban J connectivity index is 1.83. The van der Waals surface area contributed by atoms with Crippen molar-refractivity contribution in [2.75, 3.05) is 6.61 Å². The Labute approximate surface area is 190 Å². The van der Waals surface area contributed by atoms with Gasteiger partial charge in [-0.15, -0.1) is 0 Å². The molecule has 4 rings (SSSR count). The van der Waals surface area contributed by atoms with Crippen molar-refractivity contribution in [3.8, 4) is 0 Å². The molecule has 0 N–H and O–H groups in total. The van der Waals surface area contributed by atoms with Gasteiger partial charge in [-0.25, -0.2) is 0 Å². The minimum atomic E-state index is -0.572. The third kappa shape index (κ3) is 3.87. The Morgan fingerprint density at radius 1 is 1.10 bits per heavy atom. The lowest BCUT2D eigenvalue weighted by Crippen LogP contribution is -2.38. The summed E-state index contributed by atoms with van der Waals surface area (Å²) in [6.07, 6.45) is 1.14. The maximum Gasteiger partial charge on any atom is 0.315 e. The minimum Gasteiger partial charge on any atom is -0.465 e. The van der Waals surface area contributed by atoms with Gasteiger partial charge in [0.05, 0.1) is 6.61 Å². The number of Topliss-reactive ketones (excluding diaryl/α,β-unsaturated/α-hetero) is 1. The highest BCUT2D eigenvalue weighted by molar-refractivity contribution is 14.1. The minimum absolute atomic E-state index is 0.0836. The van der Waals surface area contributed by atoms with Crippen LogP contribution in [-0.4, -0.2) is 24.1 Å². The summed E-state index contributed by atoms with van der Waals surface area (Å²) in [5, 5.41) is 0. The monoisotopic (exact) mass is 513 g/mol. The van der Waals surface area contributed by atoms with Crippen LogP contribution in [0.3, 0.4) is 0 Å². The smallest absolute Gasteiger partial charge is 0.315 e. The van der Waals surface area contributed by atoms with Gasteiger partial charge in [-0.3, -0.25) is 14.6 Å². The highest BCUT2D eigenvalue weighted by atomic mass is 127. The summed E-state index contributed by atoms with van der Waals surface area (Å²) in [5.74, 6) is -1.04. The molecule has 0 saturated heterocycles. The van der Waals surface area contributed by atoms with E-state index in [9.17, 15) is 9.59 Å². The van der Waals surface area contributed by atoms with Gasteiger partial charge in [0.2, 0.25) is 0 Å². The first-order valence-corrected chi connectivity index (χ1v) is 11.4. The zero-order valence-electron chi connectivity index (χ0n) is 17.1. The standard InChI is InChI=1S/C25H24INO3/c1-3-30-25(29)22-15(2)27-20-13-17(16-9-5-4-6-10-16)14-21(28)24(20)23(22)18-11-7-8-12-19(18)26/h4-12,17,22-23H,3,13-14H2,1-2H3/t17-,22?,23-/m1/s1. The molecule has 0 amide bonds. The number of carbonyl (C=O) groups excluding carboxylic acids is 2. The lowest BCUT2D eigenvalue weighted by molar-refractivity contribution is -0.146. The normalized spacial score (nSPS) is 23.6. The van der Waals surface area contributed by atoms with Crippen LogP contribution in [0.5, 0.6) is 0 Å². The lowest BCUT2D eigenvalue weighted by Gasteiger charge is -2.36. The third-order valence-corrected chi connectivity index (χ3v) is 6.92. The van der Waals surface area contributed by atoms with Crippen molar-refractivity contribution in [3.63, 3.8) is 0 Å². The van der Waals surface area contributed by atoms with Crippen molar-refractivity contribution in [2.45, 2.75) is 38.5 Å². The fraction of sp³-hybridized carbons (Fsp3) is 0.320. The molecular weight excluding hydrogens is 489 g/mol. The fourth-order valence-electron chi connectivity index (χ4n) is 4.62. The number of halogens is 1. The van der Waals surface area contributed by atoms with E-state index in [1.165, 1.54) is 0 Å². The quantitative estimate of drug-likeness (QED) is 0.405. The molecule has 0 bridgehead atoms. The number of benzene rings is 2. The van der Waals surface area contributed by atoms with Crippen LogP contribution >= 0.6 is 22.6 Å². The number of rotatable bonds is 4. The summed E-state index contributed by atoms with van der Waals surface area (Å²) in [6.45, 7) is 3.98.